The minimum atomic E-state index is -0.961. The smallest absolute Gasteiger partial charge is 0.295 e. The van der Waals surface area contributed by atoms with Crippen molar-refractivity contribution < 1.29 is 24.2 Å². The van der Waals surface area contributed by atoms with E-state index in [1.807, 2.05) is 0 Å². The fourth-order valence-electron chi connectivity index (χ4n) is 3.67. The molecule has 1 atom stereocenters. The van der Waals surface area contributed by atoms with Crippen molar-refractivity contribution in [3.05, 3.63) is 101 Å². The van der Waals surface area contributed by atoms with Gasteiger partial charge in [0, 0.05) is 24.5 Å². The van der Waals surface area contributed by atoms with Gasteiger partial charge in [-0.05, 0) is 47.9 Å². The number of phenolic OH excluding ortho intramolecular Hbond substituents is 1. The molecule has 1 aliphatic heterocycles. The lowest BCUT2D eigenvalue weighted by Gasteiger charge is -2.25. The first-order valence-corrected chi connectivity index (χ1v) is 9.59. The van der Waals surface area contributed by atoms with Gasteiger partial charge in [-0.2, -0.15) is 0 Å². The fourth-order valence-corrected chi connectivity index (χ4v) is 3.67. The number of aromatic hydroxyl groups is 1. The van der Waals surface area contributed by atoms with Gasteiger partial charge in [-0.25, -0.2) is 4.39 Å². The predicted octanol–water partition coefficient (Wildman–Crippen LogP) is 3.86. The molecule has 0 unspecified atom stereocenters. The molecule has 0 spiro atoms. The number of aryl methyl sites for hydroxylation is 1. The molecule has 0 saturated carbocycles. The van der Waals surface area contributed by atoms with Crippen LogP contribution in [0, 0.1) is 12.7 Å². The molecule has 6 nitrogen and oxygen atoms in total. The van der Waals surface area contributed by atoms with Crippen molar-refractivity contribution in [1.82, 2.24) is 9.88 Å². The number of carbonyl (C=O) groups excluding carboxylic acids is 2. The molecule has 0 radical (unpaired) electrons. The molecule has 156 valence electrons. The number of phenols is 1. The van der Waals surface area contributed by atoms with Crippen LogP contribution >= 0.6 is 0 Å². The molecule has 0 aliphatic carbocycles. The first kappa shape index (κ1) is 20.3. The summed E-state index contributed by atoms with van der Waals surface area (Å²) < 4.78 is 14.1. The number of hydrogen-bond acceptors (Lipinski definition) is 5. The number of halogens is 1. The molecule has 3 aromatic rings. The third-order valence-corrected chi connectivity index (χ3v) is 5.25. The van der Waals surface area contributed by atoms with Gasteiger partial charge in [0.15, 0.2) is 0 Å². The zero-order chi connectivity index (χ0) is 22.1. The summed E-state index contributed by atoms with van der Waals surface area (Å²) in [6, 6.07) is 12.7. The van der Waals surface area contributed by atoms with Crippen molar-refractivity contribution in [1.29, 1.82) is 0 Å². The number of likely N-dealkylation sites (tertiary alicyclic amines) is 1. The summed E-state index contributed by atoms with van der Waals surface area (Å²) in [5, 5.41) is 20.9. The maximum absolute atomic E-state index is 14.1. The number of ketones is 1. The third-order valence-electron chi connectivity index (χ3n) is 5.25. The number of pyridine rings is 1. The van der Waals surface area contributed by atoms with E-state index in [9.17, 15) is 24.2 Å². The molecule has 1 aromatic heterocycles. The van der Waals surface area contributed by atoms with Crippen molar-refractivity contribution in [3.63, 3.8) is 0 Å². The minimum Gasteiger partial charge on any atom is -0.508 e. The molecular weight excluding hydrogens is 399 g/mol. The second kappa shape index (κ2) is 8.02. The van der Waals surface area contributed by atoms with Gasteiger partial charge < -0.3 is 15.1 Å². The molecule has 1 aliphatic rings. The lowest BCUT2D eigenvalue weighted by Crippen LogP contribution is -2.29. The number of hydrogen-bond donors (Lipinski definition) is 2. The van der Waals surface area contributed by atoms with E-state index in [2.05, 4.69) is 4.98 Å². The van der Waals surface area contributed by atoms with E-state index in [1.165, 1.54) is 29.2 Å². The Hall–Kier alpha value is -4.00. The van der Waals surface area contributed by atoms with Crippen LogP contribution in [0.3, 0.4) is 0 Å². The molecule has 2 aromatic carbocycles. The van der Waals surface area contributed by atoms with Gasteiger partial charge in [-0.3, -0.25) is 14.6 Å². The topological polar surface area (TPSA) is 90.7 Å². The van der Waals surface area contributed by atoms with Crippen LogP contribution in [-0.2, 0) is 16.1 Å². The number of amides is 1. The van der Waals surface area contributed by atoms with Gasteiger partial charge in [0.25, 0.3) is 11.7 Å². The van der Waals surface area contributed by atoms with Crippen LogP contribution in [0.25, 0.3) is 5.76 Å². The quantitative estimate of drug-likeness (QED) is 0.382. The van der Waals surface area contributed by atoms with Gasteiger partial charge in [0.1, 0.15) is 17.3 Å². The van der Waals surface area contributed by atoms with Crippen LogP contribution < -0.4 is 0 Å². The number of aliphatic hydroxyl groups excluding tert-OH is 1. The monoisotopic (exact) mass is 418 g/mol. The molecule has 4 rings (SSSR count). The Bertz CT molecular complexity index is 1210. The average molecular weight is 418 g/mol. The van der Waals surface area contributed by atoms with E-state index < -0.39 is 29.3 Å². The summed E-state index contributed by atoms with van der Waals surface area (Å²) in [5.74, 6) is -2.74. The van der Waals surface area contributed by atoms with Crippen molar-refractivity contribution in [3.8, 4) is 5.75 Å². The van der Waals surface area contributed by atoms with Gasteiger partial charge in [0.05, 0.1) is 11.6 Å². The number of rotatable bonds is 4. The van der Waals surface area contributed by atoms with Crippen LogP contribution in [0.5, 0.6) is 5.75 Å². The maximum atomic E-state index is 14.1. The second-order valence-corrected chi connectivity index (χ2v) is 7.35. The molecule has 31 heavy (non-hydrogen) atoms. The Labute approximate surface area is 177 Å². The first-order chi connectivity index (χ1) is 14.9. The lowest BCUT2D eigenvalue weighted by atomic mass is 9.94. The Morgan fingerprint density at radius 1 is 1.13 bits per heavy atom. The Kier molecular flexibility index (Phi) is 5.25. The van der Waals surface area contributed by atoms with E-state index >= 15 is 0 Å². The summed E-state index contributed by atoms with van der Waals surface area (Å²) in [7, 11) is 0. The molecule has 7 heteroatoms. The summed E-state index contributed by atoms with van der Waals surface area (Å²) >= 11 is 0. The number of aromatic nitrogens is 1. The zero-order valence-corrected chi connectivity index (χ0v) is 16.6. The van der Waals surface area contributed by atoms with E-state index in [0.29, 0.717) is 16.7 Å². The van der Waals surface area contributed by atoms with Crippen LogP contribution in [0.2, 0.25) is 0 Å². The van der Waals surface area contributed by atoms with Crippen LogP contribution in [-0.4, -0.2) is 31.8 Å². The van der Waals surface area contributed by atoms with E-state index in [1.54, 1.807) is 43.6 Å². The highest BCUT2D eigenvalue weighted by molar-refractivity contribution is 6.46. The van der Waals surface area contributed by atoms with Crippen LogP contribution in [0.4, 0.5) is 4.39 Å². The fraction of sp³-hybridized carbons (Fsp3) is 0.125. The summed E-state index contributed by atoms with van der Waals surface area (Å²) in [6.07, 6.45) is 3.17. The third kappa shape index (κ3) is 3.77. The molecule has 1 saturated heterocycles. The number of carbonyl (C=O) groups is 2. The van der Waals surface area contributed by atoms with E-state index in [0.717, 1.165) is 6.07 Å². The number of aliphatic hydroxyl groups is 1. The lowest BCUT2D eigenvalue weighted by molar-refractivity contribution is -0.140. The van der Waals surface area contributed by atoms with Gasteiger partial charge >= 0.3 is 0 Å². The van der Waals surface area contributed by atoms with Crippen molar-refractivity contribution in [2.45, 2.75) is 19.5 Å². The van der Waals surface area contributed by atoms with E-state index in [4.69, 9.17) is 0 Å². The minimum absolute atomic E-state index is 0.0501. The first-order valence-electron chi connectivity index (χ1n) is 9.59. The van der Waals surface area contributed by atoms with Crippen molar-refractivity contribution in [2.75, 3.05) is 0 Å². The number of benzene rings is 2. The van der Waals surface area contributed by atoms with Crippen LogP contribution in [0.15, 0.2) is 72.6 Å². The largest absolute Gasteiger partial charge is 0.508 e. The Morgan fingerprint density at radius 3 is 2.61 bits per heavy atom. The van der Waals surface area contributed by atoms with Gasteiger partial charge in [-0.1, -0.05) is 30.3 Å². The van der Waals surface area contributed by atoms with Gasteiger partial charge in [0.2, 0.25) is 0 Å². The Morgan fingerprint density at radius 2 is 1.94 bits per heavy atom. The molecule has 2 N–H and O–H groups in total. The maximum Gasteiger partial charge on any atom is 0.295 e. The predicted molar refractivity (Wildman–Crippen MR) is 111 cm³/mol. The zero-order valence-electron chi connectivity index (χ0n) is 16.6. The highest BCUT2D eigenvalue weighted by Crippen LogP contribution is 2.41. The molecular formula is C24H19FN2O4. The molecule has 2 heterocycles. The van der Waals surface area contributed by atoms with Crippen molar-refractivity contribution in [2.24, 2.45) is 0 Å². The normalized spacial score (nSPS) is 17.9. The second-order valence-electron chi connectivity index (χ2n) is 7.35. The average Bonchev–Trinajstić information content (AvgIpc) is 3.01. The standard InChI is InChI=1S/C24H19FN2O4/c1-14-7-8-17(11-19(14)25)22(29)20-21(16-5-2-6-18(28)10-16)27(24(31)23(20)30)13-15-4-3-9-26-12-15/h2-12,21,28-29H,13H2,1H3/t21-/m0/s1. The van der Waals surface area contributed by atoms with E-state index in [-0.39, 0.29) is 23.4 Å². The highest BCUT2D eigenvalue weighted by atomic mass is 19.1. The molecule has 0 bridgehead atoms. The summed E-state index contributed by atoms with van der Waals surface area (Å²) in [6.45, 7) is 1.65. The molecule has 1 amide bonds. The summed E-state index contributed by atoms with van der Waals surface area (Å²) in [5.41, 5.74) is 1.45. The molecule has 1 fully saturated rings. The number of nitrogens with zero attached hydrogens (tertiary/aromatic N) is 2. The highest BCUT2D eigenvalue weighted by Gasteiger charge is 2.46. The van der Waals surface area contributed by atoms with Gasteiger partial charge in [-0.15, -0.1) is 0 Å². The Balaban J connectivity index is 1.88. The SMILES string of the molecule is Cc1ccc(C(O)=C2C(=O)C(=O)N(Cc3cccnc3)[C@H]2c2cccc(O)c2)cc1F. The van der Waals surface area contributed by atoms with Crippen LogP contribution in [0.1, 0.15) is 28.3 Å². The number of Topliss-reactive ketones (excluding diaryl/α,β-unsaturated/α-hetero) is 1. The van der Waals surface area contributed by atoms with Crippen molar-refractivity contribution >= 4 is 17.4 Å². The summed E-state index contributed by atoms with van der Waals surface area (Å²) in [4.78, 5) is 31.2.